The molecule has 2 aromatic rings. The standard InChI is InChI=1S/C15H23ClN6O/c1-4-12-11(14(16)20(3)19-12)8-21-6-7-23-13(9-21)15-18-17-10-22(15)5-2/h10,13H,4-9H2,1-3H3/t13-/m0/s1. The van der Waals surface area contributed by atoms with Crippen molar-refractivity contribution in [3.8, 4) is 0 Å². The van der Waals surface area contributed by atoms with E-state index >= 15 is 0 Å². The predicted octanol–water partition coefficient (Wildman–Crippen LogP) is 1.82. The van der Waals surface area contributed by atoms with E-state index in [2.05, 4.69) is 34.0 Å². The first kappa shape index (κ1) is 16.4. The van der Waals surface area contributed by atoms with E-state index in [1.807, 2.05) is 11.6 Å². The molecule has 7 nitrogen and oxygen atoms in total. The highest BCUT2D eigenvalue weighted by Gasteiger charge is 2.27. The quantitative estimate of drug-likeness (QED) is 0.832. The molecule has 23 heavy (non-hydrogen) atoms. The van der Waals surface area contributed by atoms with Gasteiger partial charge in [-0.1, -0.05) is 18.5 Å². The van der Waals surface area contributed by atoms with E-state index in [1.54, 1.807) is 11.0 Å². The van der Waals surface area contributed by atoms with Crippen LogP contribution in [0.15, 0.2) is 6.33 Å². The van der Waals surface area contributed by atoms with Crippen LogP contribution >= 0.6 is 11.6 Å². The number of nitrogens with zero attached hydrogens (tertiary/aromatic N) is 6. The average Bonchev–Trinajstić information content (AvgIpc) is 3.15. The van der Waals surface area contributed by atoms with Gasteiger partial charge >= 0.3 is 0 Å². The smallest absolute Gasteiger partial charge is 0.163 e. The topological polar surface area (TPSA) is 61.0 Å². The van der Waals surface area contributed by atoms with Crippen LogP contribution in [0.1, 0.15) is 37.0 Å². The van der Waals surface area contributed by atoms with E-state index in [4.69, 9.17) is 16.3 Å². The number of morpholine rings is 1. The summed E-state index contributed by atoms with van der Waals surface area (Å²) in [5.41, 5.74) is 2.19. The fourth-order valence-corrected chi connectivity index (χ4v) is 3.23. The number of halogens is 1. The second-order valence-corrected chi connectivity index (χ2v) is 6.12. The van der Waals surface area contributed by atoms with Gasteiger partial charge < -0.3 is 9.30 Å². The van der Waals surface area contributed by atoms with E-state index in [0.29, 0.717) is 6.61 Å². The van der Waals surface area contributed by atoms with Crippen LogP contribution in [0, 0.1) is 0 Å². The van der Waals surface area contributed by atoms with Crippen molar-refractivity contribution in [1.82, 2.24) is 29.4 Å². The van der Waals surface area contributed by atoms with E-state index in [1.165, 1.54) is 0 Å². The van der Waals surface area contributed by atoms with Crippen LogP contribution in [0.25, 0.3) is 0 Å². The molecule has 0 unspecified atom stereocenters. The van der Waals surface area contributed by atoms with Crippen molar-refractivity contribution in [3.63, 3.8) is 0 Å². The summed E-state index contributed by atoms with van der Waals surface area (Å²) in [4.78, 5) is 2.35. The summed E-state index contributed by atoms with van der Waals surface area (Å²) in [5, 5.41) is 13.4. The third-order valence-corrected chi connectivity index (χ3v) is 4.77. The van der Waals surface area contributed by atoms with Gasteiger partial charge in [0.2, 0.25) is 0 Å². The summed E-state index contributed by atoms with van der Waals surface area (Å²) in [6.45, 7) is 8.16. The fourth-order valence-electron chi connectivity index (χ4n) is 3.02. The predicted molar refractivity (Wildman–Crippen MR) is 87.3 cm³/mol. The SMILES string of the molecule is CCc1nn(C)c(Cl)c1CN1CCO[C@H](c2nncn2CC)C1. The van der Waals surface area contributed by atoms with Crippen LogP contribution in [0.3, 0.4) is 0 Å². The monoisotopic (exact) mass is 338 g/mol. The van der Waals surface area contributed by atoms with E-state index in [9.17, 15) is 0 Å². The Morgan fingerprint density at radius 2 is 2.22 bits per heavy atom. The zero-order chi connectivity index (χ0) is 16.4. The summed E-state index contributed by atoms with van der Waals surface area (Å²) < 4.78 is 9.69. The molecule has 0 aliphatic carbocycles. The van der Waals surface area contributed by atoms with Crippen molar-refractivity contribution in [3.05, 3.63) is 28.6 Å². The van der Waals surface area contributed by atoms with Gasteiger partial charge in [-0.3, -0.25) is 9.58 Å². The number of hydrogen-bond donors (Lipinski definition) is 0. The maximum Gasteiger partial charge on any atom is 0.163 e. The van der Waals surface area contributed by atoms with Gasteiger partial charge in [-0.2, -0.15) is 5.10 Å². The van der Waals surface area contributed by atoms with Crippen LogP contribution in [0.2, 0.25) is 5.15 Å². The molecule has 126 valence electrons. The van der Waals surface area contributed by atoms with Gasteiger partial charge in [0.15, 0.2) is 5.82 Å². The normalized spacial score (nSPS) is 19.4. The maximum absolute atomic E-state index is 6.41. The summed E-state index contributed by atoms with van der Waals surface area (Å²) in [7, 11) is 1.89. The first-order valence-electron chi connectivity index (χ1n) is 8.05. The van der Waals surface area contributed by atoms with Gasteiger partial charge in [0.1, 0.15) is 17.6 Å². The van der Waals surface area contributed by atoms with Crippen LogP contribution < -0.4 is 0 Å². The molecule has 3 rings (SSSR count). The zero-order valence-corrected chi connectivity index (χ0v) is 14.6. The molecular formula is C15H23ClN6O. The highest BCUT2D eigenvalue weighted by molar-refractivity contribution is 6.30. The molecule has 0 amide bonds. The number of hydrogen-bond acceptors (Lipinski definition) is 5. The minimum absolute atomic E-state index is 0.0493. The lowest BCUT2D eigenvalue weighted by molar-refractivity contribution is -0.0389. The third-order valence-electron chi connectivity index (χ3n) is 4.29. The van der Waals surface area contributed by atoms with Gasteiger partial charge in [0.25, 0.3) is 0 Å². The Labute approximate surface area is 141 Å². The van der Waals surface area contributed by atoms with Gasteiger partial charge in [-0.15, -0.1) is 10.2 Å². The molecular weight excluding hydrogens is 316 g/mol. The number of ether oxygens (including phenoxy) is 1. The van der Waals surface area contributed by atoms with Gasteiger partial charge in [-0.05, 0) is 13.3 Å². The van der Waals surface area contributed by atoms with Crippen molar-refractivity contribution in [2.75, 3.05) is 19.7 Å². The maximum atomic E-state index is 6.41. The largest absolute Gasteiger partial charge is 0.368 e. The average molecular weight is 339 g/mol. The molecule has 2 aromatic heterocycles. The van der Waals surface area contributed by atoms with Crippen LogP contribution in [0.4, 0.5) is 0 Å². The lowest BCUT2D eigenvalue weighted by atomic mass is 10.1. The van der Waals surface area contributed by atoms with Crippen molar-refractivity contribution >= 4 is 11.6 Å². The summed E-state index contributed by atoms with van der Waals surface area (Å²) in [6, 6.07) is 0. The molecule has 0 bridgehead atoms. The second kappa shape index (κ2) is 6.98. The molecule has 0 spiro atoms. The van der Waals surface area contributed by atoms with Gasteiger partial charge in [0, 0.05) is 38.8 Å². The highest BCUT2D eigenvalue weighted by Crippen LogP contribution is 2.26. The minimum Gasteiger partial charge on any atom is -0.368 e. The minimum atomic E-state index is -0.0493. The first-order valence-corrected chi connectivity index (χ1v) is 8.43. The summed E-state index contributed by atoms with van der Waals surface area (Å²) in [5.74, 6) is 0.894. The number of aromatic nitrogens is 5. The van der Waals surface area contributed by atoms with Crippen molar-refractivity contribution < 1.29 is 4.74 Å². The Balaban J connectivity index is 1.75. The lowest BCUT2D eigenvalue weighted by Gasteiger charge is -2.32. The van der Waals surface area contributed by atoms with Crippen molar-refractivity contribution in [2.45, 2.75) is 39.5 Å². The molecule has 0 aromatic carbocycles. The Morgan fingerprint density at radius 1 is 1.39 bits per heavy atom. The van der Waals surface area contributed by atoms with Crippen molar-refractivity contribution in [2.24, 2.45) is 7.05 Å². The van der Waals surface area contributed by atoms with Crippen LogP contribution in [0.5, 0.6) is 0 Å². The summed E-state index contributed by atoms with van der Waals surface area (Å²) in [6.07, 6.45) is 2.59. The summed E-state index contributed by atoms with van der Waals surface area (Å²) >= 11 is 6.41. The van der Waals surface area contributed by atoms with Gasteiger partial charge in [0.05, 0.1) is 12.3 Å². The first-order chi connectivity index (χ1) is 11.1. The Hall–Kier alpha value is -1.44. The molecule has 0 radical (unpaired) electrons. The van der Waals surface area contributed by atoms with Crippen molar-refractivity contribution in [1.29, 1.82) is 0 Å². The van der Waals surface area contributed by atoms with E-state index in [-0.39, 0.29) is 6.10 Å². The lowest BCUT2D eigenvalue weighted by Crippen LogP contribution is -2.38. The molecule has 0 N–H and O–H groups in total. The molecule has 1 aliphatic rings. The number of rotatable bonds is 5. The van der Waals surface area contributed by atoms with E-state index < -0.39 is 0 Å². The molecule has 1 aliphatic heterocycles. The zero-order valence-electron chi connectivity index (χ0n) is 13.9. The van der Waals surface area contributed by atoms with Gasteiger partial charge in [-0.25, -0.2) is 0 Å². The molecule has 1 saturated heterocycles. The molecule has 0 saturated carbocycles. The highest BCUT2D eigenvalue weighted by atomic mass is 35.5. The Morgan fingerprint density at radius 3 is 2.96 bits per heavy atom. The Bertz CT molecular complexity index is 667. The molecule has 8 heteroatoms. The fraction of sp³-hybridized carbons (Fsp3) is 0.667. The Kier molecular flexibility index (Phi) is 4.99. The number of aryl methyl sites for hydroxylation is 3. The van der Waals surface area contributed by atoms with E-state index in [0.717, 1.165) is 54.8 Å². The third kappa shape index (κ3) is 3.27. The molecule has 1 fully saturated rings. The molecule has 1 atom stereocenters. The second-order valence-electron chi connectivity index (χ2n) is 5.76. The van der Waals surface area contributed by atoms with Crippen LogP contribution in [-0.2, 0) is 31.3 Å². The van der Waals surface area contributed by atoms with Crippen LogP contribution in [-0.4, -0.2) is 49.1 Å². The molecule has 3 heterocycles.